The summed E-state index contributed by atoms with van der Waals surface area (Å²) < 4.78 is 0. The van der Waals surface area contributed by atoms with Gasteiger partial charge in [-0.05, 0) is 17.5 Å². The van der Waals surface area contributed by atoms with Crippen molar-refractivity contribution in [1.29, 1.82) is 0 Å². The predicted molar refractivity (Wildman–Crippen MR) is 86.4 cm³/mol. The average molecular weight is 309 g/mol. The third-order valence-corrected chi connectivity index (χ3v) is 4.17. The number of carboxylic acid groups (broad SMARTS) is 1. The first-order chi connectivity index (χ1) is 11.1. The largest absolute Gasteiger partial charge is 0.481 e. The molecule has 0 saturated heterocycles. The molecule has 2 aromatic carbocycles. The summed E-state index contributed by atoms with van der Waals surface area (Å²) in [5.41, 5.74) is 2.09. The van der Waals surface area contributed by atoms with Gasteiger partial charge in [-0.15, -0.1) is 0 Å². The van der Waals surface area contributed by atoms with Crippen molar-refractivity contribution >= 4 is 11.9 Å². The maximum atomic E-state index is 12.7. The molecule has 1 aliphatic carbocycles. The van der Waals surface area contributed by atoms with Crippen LogP contribution in [0.4, 0.5) is 0 Å². The Balaban J connectivity index is 1.76. The molecule has 2 aromatic rings. The molecule has 0 spiro atoms. The van der Waals surface area contributed by atoms with Gasteiger partial charge in [-0.1, -0.05) is 60.7 Å². The molecular formula is C19H19NO3. The molecule has 1 fully saturated rings. The topological polar surface area (TPSA) is 57.6 Å². The zero-order chi connectivity index (χ0) is 16.2. The van der Waals surface area contributed by atoms with Gasteiger partial charge in [0, 0.05) is 13.1 Å². The fraction of sp³-hybridized carbons (Fsp3) is 0.263. The summed E-state index contributed by atoms with van der Waals surface area (Å²) in [5.74, 6) is -1.83. The fourth-order valence-electron chi connectivity index (χ4n) is 2.79. The molecule has 1 saturated carbocycles. The van der Waals surface area contributed by atoms with Crippen molar-refractivity contribution in [1.82, 2.24) is 4.90 Å². The normalized spacial score (nSPS) is 19.1. The Morgan fingerprint density at radius 2 is 1.35 bits per heavy atom. The zero-order valence-electron chi connectivity index (χ0n) is 12.8. The van der Waals surface area contributed by atoms with Crippen molar-refractivity contribution in [2.45, 2.75) is 19.5 Å². The highest BCUT2D eigenvalue weighted by molar-refractivity contribution is 5.89. The minimum Gasteiger partial charge on any atom is -0.481 e. The molecule has 2 atom stereocenters. The molecule has 1 N–H and O–H groups in total. The number of carbonyl (C=O) groups is 2. The second-order valence-corrected chi connectivity index (χ2v) is 5.95. The summed E-state index contributed by atoms with van der Waals surface area (Å²) in [5, 5.41) is 9.06. The quantitative estimate of drug-likeness (QED) is 0.892. The van der Waals surface area contributed by atoms with E-state index in [1.807, 2.05) is 60.7 Å². The minimum absolute atomic E-state index is 0.0647. The van der Waals surface area contributed by atoms with Gasteiger partial charge in [0.05, 0.1) is 11.8 Å². The number of benzene rings is 2. The van der Waals surface area contributed by atoms with E-state index in [1.165, 1.54) is 0 Å². The monoisotopic (exact) mass is 309 g/mol. The Bertz CT molecular complexity index is 643. The van der Waals surface area contributed by atoms with Crippen molar-refractivity contribution < 1.29 is 14.7 Å². The average Bonchev–Trinajstić information content (AvgIpc) is 3.36. The summed E-state index contributed by atoms with van der Waals surface area (Å²) in [6.07, 6.45) is 0.453. The van der Waals surface area contributed by atoms with Crippen LogP contribution in [0, 0.1) is 11.8 Å². The molecule has 1 aliphatic rings. The lowest BCUT2D eigenvalue weighted by Crippen LogP contribution is -2.32. The Morgan fingerprint density at radius 3 is 1.74 bits per heavy atom. The van der Waals surface area contributed by atoms with Gasteiger partial charge in [-0.3, -0.25) is 9.59 Å². The Hall–Kier alpha value is -2.62. The van der Waals surface area contributed by atoms with Crippen LogP contribution in [-0.4, -0.2) is 21.9 Å². The van der Waals surface area contributed by atoms with E-state index in [4.69, 9.17) is 5.11 Å². The summed E-state index contributed by atoms with van der Waals surface area (Å²) in [6.45, 7) is 0.995. The van der Waals surface area contributed by atoms with Crippen LogP contribution in [0.2, 0.25) is 0 Å². The van der Waals surface area contributed by atoms with E-state index in [0.717, 1.165) is 11.1 Å². The standard InChI is InChI=1S/C19H19NO3/c21-18(16-11-17(16)19(22)23)20(12-14-7-3-1-4-8-14)13-15-9-5-2-6-10-15/h1-10,16-17H,11-13H2,(H,22,23)/t16-,17+/m0/s1. The number of aliphatic carboxylic acids is 1. The molecule has 3 rings (SSSR count). The van der Waals surface area contributed by atoms with E-state index in [-0.39, 0.29) is 11.8 Å². The first-order valence-electron chi connectivity index (χ1n) is 7.74. The molecule has 0 aliphatic heterocycles. The smallest absolute Gasteiger partial charge is 0.307 e. The highest BCUT2D eigenvalue weighted by Crippen LogP contribution is 2.40. The van der Waals surface area contributed by atoms with Gasteiger partial charge in [0.25, 0.3) is 0 Å². The van der Waals surface area contributed by atoms with Gasteiger partial charge in [-0.25, -0.2) is 0 Å². The number of carboxylic acids is 1. The number of hydrogen-bond donors (Lipinski definition) is 1. The van der Waals surface area contributed by atoms with E-state index < -0.39 is 11.9 Å². The van der Waals surface area contributed by atoms with Crippen LogP contribution in [0.5, 0.6) is 0 Å². The van der Waals surface area contributed by atoms with Gasteiger partial charge in [0.15, 0.2) is 0 Å². The molecule has 0 bridgehead atoms. The molecule has 0 unspecified atom stereocenters. The summed E-state index contributed by atoms with van der Waals surface area (Å²) in [7, 11) is 0. The Labute approximate surface area is 135 Å². The maximum absolute atomic E-state index is 12.7. The summed E-state index contributed by atoms with van der Waals surface area (Å²) >= 11 is 0. The minimum atomic E-state index is -0.872. The zero-order valence-corrected chi connectivity index (χ0v) is 12.8. The third kappa shape index (κ3) is 3.77. The highest BCUT2D eigenvalue weighted by Gasteiger charge is 2.49. The van der Waals surface area contributed by atoms with Crippen molar-refractivity contribution in [3.8, 4) is 0 Å². The van der Waals surface area contributed by atoms with E-state index in [0.29, 0.717) is 19.5 Å². The van der Waals surface area contributed by atoms with Gasteiger partial charge in [0.1, 0.15) is 0 Å². The van der Waals surface area contributed by atoms with Crippen LogP contribution in [-0.2, 0) is 22.7 Å². The number of amides is 1. The van der Waals surface area contributed by atoms with Crippen molar-refractivity contribution in [3.63, 3.8) is 0 Å². The highest BCUT2D eigenvalue weighted by atomic mass is 16.4. The molecule has 118 valence electrons. The second-order valence-electron chi connectivity index (χ2n) is 5.95. The summed E-state index contributed by atoms with van der Waals surface area (Å²) in [6, 6.07) is 19.6. The molecule has 23 heavy (non-hydrogen) atoms. The van der Waals surface area contributed by atoms with E-state index in [9.17, 15) is 9.59 Å². The lowest BCUT2D eigenvalue weighted by molar-refractivity contribution is -0.142. The van der Waals surface area contributed by atoms with Crippen LogP contribution < -0.4 is 0 Å². The van der Waals surface area contributed by atoms with Gasteiger partial charge in [0.2, 0.25) is 5.91 Å². The number of hydrogen-bond acceptors (Lipinski definition) is 2. The Kier molecular flexibility index (Phi) is 4.42. The van der Waals surface area contributed by atoms with Gasteiger partial charge < -0.3 is 10.0 Å². The molecule has 4 nitrogen and oxygen atoms in total. The molecule has 0 radical (unpaired) electrons. The van der Waals surface area contributed by atoms with Crippen molar-refractivity contribution in [2.75, 3.05) is 0 Å². The van der Waals surface area contributed by atoms with Crippen LogP contribution in [0.25, 0.3) is 0 Å². The van der Waals surface area contributed by atoms with E-state index in [1.54, 1.807) is 4.90 Å². The van der Waals surface area contributed by atoms with Gasteiger partial charge >= 0.3 is 5.97 Å². The van der Waals surface area contributed by atoms with E-state index in [2.05, 4.69) is 0 Å². The molecule has 1 amide bonds. The summed E-state index contributed by atoms with van der Waals surface area (Å²) in [4.78, 5) is 25.5. The third-order valence-electron chi connectivity index (χ3n) is 4.17. The number of carbonyl (C=O) groups excluding carboxylic acids is 1. The van der Waals surface area contributed by atoms with Gasteiger partial charge in [-0.2, -0.15) is 0 Å². The maximum Gasteiger partial charge on any atom is 0.307 e. The van der Waals surface area contributed by atoms with Crippen LogP contribution in [0.15, 0.2) is 60.7 Å². The van der Waals surface area contributed by atoms with Crippen LogP contribution in [0.3, 0.4) is 0 Å². The lowest BCUT2D eigenvalue weighted by Gasteiger charge is -2.23. The first kappa shape index (κ1) is 15.3. The van der Waals surface area contributed by atoms with Crippen LogP contribution >= 0.6 is 0 Å². The van der Waals surface area contributed by atoms with Crippen molar-refractivity contribution in [2.24, 2.45) is 11.8 Å². The SMILES string of the molecule is O=C(O)[C@@H]1C[C@@H]1C(=O)N(Cc1ccccc1)Cc1ccccc1. The number of nitrogens with zero attached hydrogens (tertiary/aromatic N) is 1. The molecular weight excluding hydrogens is 290 g/mol. The van der Waals surface area contributed by atoms with Crippen molar-refractivity contribution in [3.05, 3.63) is 71.8 Å². The first-order valence-corrected chi connectivity index (χ1v) is 7.74. The fourth-order valence-corrected chi connectivity index (χ4v) is 2.79. The predicted octanol–water partition coefficient (Wildman–Crippen LogP) is 2.94. The Morgan fingerprint density at radius 1 is 0.870 bits per heavy atom. The van der Waals surface area contributed by atoms with E-state index >= 15 is 0 Å². The second kappa shape index (κ2) is 6.65. The lowest BCUT2D eigenvalue weighted by atomic mass is 10.1. The number of rotatable bonds is 6. The molecule has 0 aromatic heterocycles. The molecule has 0 heterocycles. The molecule has 4 heteroatoms. The van der Waals surface area contributed by atoms with Crippen LogP contribution in [0.1, 0.15) is 17.5 Å².